The lowest BCUT2D eigenvalue weighted by Crippen LogP contribution is -2.16. The summed E-state index contributed by atoms with van der Waals surface area (Å²) in [5.41, 5.74) is 0.869. The first-order valence-electron chi connectivity index (χ1n) is 6.09. The van der Waals surface area contributed by atoms with Crippen LogP contribution in [0, 0.1) is 0 Å². The molecule has 0 spiro atoms. The summed E-state index contributed by atoms with van der Waals surface area (Å²) in [4.78, 5) is 14.8. The Kier molecular flexibility index (Phi) is 4.12. The van der Waals surface area contributed by atoms with Gasteiger partial charge in [0.1, 0.15) is 0 Å². The molecule has 0 saturated heterocycles. The van der Waals surface area contributed by atoms with Crippen LogP contribution in [-0.4, -0.2) is 31.9 Å². The van der Waals surface area contributed by atoms with Crippen LogP contribution in [0.15, 0.2) is 36.8 Å². The summed E-state index contributed by atoms with van der Waals surface area (Å²) in [6.07, 6.45) is 5.98. The van der Waals surface area contributed by atoms with Crippen molar-refractivity contribution in [3.63, 3.8) is 0 Å². The minimum absolute atomic E-state index is 0.0912. The zero-order valence-electron chi connectivity index (χ0n) is 10.7. The summed E-state index contributed by atoms with van der Waals surface area (Å²) in [6, 6.07) is 5.69. The molecule has 2 aromatic rings. The van der Waals surface area contributed by atoms with Gasteiger partial charge in [-0.3, -0.25) is 4.79 Å². The molecule has 2 aromatic heterocycles. The maximum Gasteiger partial charge on any atom is 0.303 e. The first kappa shape index (κ1) is 13.1. The van der Waals surface area contributed by atoms with Crippen LogP contribution in [0.3, 0.4) is 0 Å². The Balaban J connectivity index is 1.93. The van der Waals surface area contributed by atoms with Crippen molar-refractivity contribution in [2.24, 2.45) is 0 Å². The van der Waals surface area contributed by atoms with Gasteiger partial charge in [0.25, 0.3) is 0 Å². The second kappa shape index (κ2) is 5.99. The van der Waals surface area contributed by atoms with Crippen molar-refractivity contribution in [3.8, 4) is 5.82 Å². The average Bonchev–Trinajstić information content (AvgIpc) is 2.91. The fraction of sp³-hybridized carbons (Fsp3) is 0.308. The molecule has 6 heteroatoms. The Hall–Kier alpha value is -2.37. The van der Waals surface area contributed by atoms with Crippen molar-refractivity contribution < 1.29 is 9.90 Å². The number of pyridine rings is 1. The number of aromatic nitrogens is 3. The molecule has 0 bridgehead atoms. The number of carboxylic acids is 1. The van der Waals surface area contributed by atoms with E-state index in [1.165, 1.54) is 0 Å². The van der Waals surface area contributed by atoms with Crippen LogP contribution in [0.2, 0.25) is 0 Å². The van der Waals surface area contributed by atoms with Gasteiger partial charge >= 0.3 is 5.97 Å². The Bertz CT molecular complexity index is 522. The summed E-state index contributed by atoms with van der Waals surface area (Å²) in [5, 5.41) is 15.9. The van der Waals surface area contributed by atoms with Gasteiger partial charge in [0.2, 0.25) is 0 Å². The smallest absolute Gasteiger partial charge is 0.303 e. The largest absolute Gasteiger partial charge is 0.481 e. The van der Waals surface area contributed by atoms with E-state index in [2.05, 4.69) is 15.4 Å². The van der Waals surface area contributed by atoms with Gasteiger partial charge in [-0.2, -0.15) is 5.10 Å². The normalized spacial score (nSPS) is 12.1. The SMILES string of the molecule is CC(CCC(=O)O)Nc1ccc(-n2cccn2)nc1. The van der Waals surface area contributed by atoms with Crippen molar-refractivity contribution >= 4 is 11.7 Å². The second-order valence-corrected chi connectivity index (χ2v) is 4.33. The third kappa shape index (κ3) is 3.80. The lowest BCUT2D eigenvalue weighted by Gasteiger charge is -2.14. The quantitative estimate of drug-likeness (QED) is 0.829. The second-order valence-electron chi connectivity index (χ2n) is 4.33. The third-order valence-corrected chi connectivity index (χ3v) is 2.69. The van der Waals surface area contributed by atoms with Gasteiger partial charge in [0.15, 0.2) is 5.82 Å². The molecule has 0 aliphatic rings. The highest BCUT2D eigenvalue weighted by molar-refractivity contribution is 5.66. The van der Waals surface area contributed by atoms with Crippen molar-refractivity contribution in [1.82, 2.24) is 14.8 Å². The van der Waals surface area contributed by atoms with Crippen molar-refractivity contribution in [3.05, 3.63) is 36.8 Å². The zero-order chi connectivity index (χ0) is 13.7. The fourth-order valence-electron chi connectivity index (χ4n) is 1.71. The summed E-state index contributed by atoms with van der Waals surface area (Å²) in [7, 11) is 0. The van der Waals surface area contributed by atoms with E-state index >= 15 is 0 Å². The Morgan fingerprint density at radius 2 is 2.37 bits per heavy atom. The Labute approximate surface area is 111 Å². The molecule has 19 heavy (non-hydrogen) atoms. The zero-order valence-corrected chi connectivity index (χ0v) is 10.7. The predicted molar refractivity (Wildman–Crippen MR) is 71.3 cm³/mol. The molecular formula is C13H16N4O2. The van der Waals surface area contributed by atoms with Crippen LogP contribution in [0.5, 0.6) is 0 Å². The van der Waals surface area contributed by atoms with Gasteiger partial charge < -0.3 is 10.4 Å². The molecule has 1 unspecified atom stereocenters. The number of anilines is 1. The number of hydrogen-bond donors (Lipinski definition) is 2. The molecule has 0 aromatic carbocycles. The van der Waals surface area contributed by atoms with Crippen LogP contribution >= 0.6 is 0 Å². The highest BCUT2D eigenvalue weighted by atomic mass is 16.4. The van der Waals surface area contributed by atoms with Gasteiger partial charge in [0.05, 0.1) is 11.9 Å². The third-order valence-electron chi connectivity index (χ3n) is 2.69. The Morgan fingerprint density at radius 1 is 1.53 bits per heavy atom. The van der Waals surface area contributed by atoms with E-state index in [9.17, 15) is 4.79 Å². The molecule has 6 nitrogen and oxygen atoms in total. The lowest BCUT2D eigenvalue weighted by molar-refractivity contribution is -0.137. The van der Waals surface area contributed by atoms with Crippen molar-refractivity contribution in [2.75, 3.05) is 5.32 Å². The van der Waals surface area contributed by atoms with Crippen LogP contribution in [0.1, 0.15) is 19.8 Å². The number of aliphatic carboxylic acids is 1. The maximum absolute atomic E-state index is 10.5. The fourth-order valence-corrected chi connectivity index (χ4v) is 1.71. The van der Waals surface area contributed by atoms with Gasteiger partial charge in [0, 0.05) is 24.9 Å². The topological polar surface area (TPSA) is 80.0 Å². The molecule has 0 aliphatic carbocycles. The van der Waals surface area contributed by atoms with E-state index in [1.54, 1.807) is 17.1 Å². The molecule has 2 heterocycles. The van der Waals surface area contributed by atoms with Gasteiger partial charge in [-0.15, -0.1) is 0 Å². The average molecular weight is 260 g/mol. The van der Waals surface area contributed by atoms with E-state index in [1.807, 2.05) is 31.3 Å². The predicted octanol–water partition coefficient (Wildman–Crippen LogP) is 1.93. The Morgan fingerprint density at radius 3 is 2.95 bits per heavy atom. The van der Waals surface area contributed by atoms with Gasteiger partial charge in [-0.1, -0.05) is 0 Å². The molecule has 0 amide bonds. The van der Waals surface area contributed by atoms with Crippen LogP contribution < -0.4 is 5.32 Å². The molecule has 0 fully saturated rings. The lowest BCUT2D eigenvalue weighted by atomic mass is 10.2. The number of rotatable bonds is 6. The highest BCUT2D eigenvalue weighted by Crippen LogP contribution is 2.11. The number of nitrogens with one attached hydrogen (secondary N) is 1. The number of carboxylic acid groups (broad SMARTS) is 1. The molecule has 0 aliphatic heterocycles. The summed E-state index contributed by atoms with van der Waals surface area (Å²) < 4.78 is 1.68. The van der Waals surface area contributed by atoms with Crippen molar-refractivity contribution in [2.45, 2.75) is 25.8 Å². The standard InChI is InChI=1S/C13H16N4O2/c1-10(3-6-13(18)19)16-11-4-5-12(14-9-11)17-8-2-7-15-17/h2,4-5,7-10,16H,3,6H2,1H3,(H,18,19). The molecule has 2 N–H and O–H groups in total. The minimum Gasteiger partial charge on any atom is -0.481 e. The summed E-state index contributed by atoms with van der Waals surface area (Å²) in [5.74, 6) is -0.0328. The summed E-state index contributed by atoms with van der Waals surface area (Å²) in [6.45, 7) is 1.95. The van der Waals surface area contributed by atoms with E-state index in [-0.39, 0.29) is 12.5 Å². The molecule has 0 saturated carbocycles. The molecule has 0 radical (unpaired) electrons. The summed E-state index contributed by atoms with van der Waals surface area (Å²) >= 11 is 0. The first-order chi connectivity index (χ1) is 9.15. The van der Waals surface area contributed by atoms with E-state index in [0.29, 0.717) is 6.42 Å². The van der Waals surface area contributed by atoms with E-state index in [4.69, 9.17) is 5.11 Å². The molecule has 100 valence electrons. The molecule has 1 atom stereocenters. The van der Waals surface area contributed by atoms with Crippen LogP contribution in [0.4, 0.5) is 5.69 Å². The van der Waals surface area contributed by atoms with E-state index < -0.39 is 5.97 Å². The number of carbonyl (C=O) groups is 1. The molecule has 2 rings (SSSR count). The van der Waals surface area contributed by atoms with Gasteiger partial charge in [-0.25, -0.2) is 9.67 Å². The molecular weight excluding hydrogens is 244 g/mol. The van der Waals surface area contributed by atoms with Crippen LogP contribution in [-0.2, 0) is 4.79 Å². The first-order valence-corrected chi connectivity index (χ1v) is 6.09. The van der Waals surface area contributed by atoms with Crippen LogP contribution in [0.25, 0.3) is 5.82 Å². The highest BCUT2D eigenvalue weighted by Gasteiger charge is 2.06. The monoisotopic (exact) mass is 260 g/mol. The number of hydrogen-bond acceptors (Lipinski definition) is 4. The van der Waals surface area contributed by atoms with Crippen molar-refractivity contribution in [1.29, 1.82) is 0 Å². The van der Waals surface area contributed by atoms with Gasteiger partial charge in [-0.05, 0) is 31.5 Å². The minimum atomic E-state index is -0.777. The maximum atomic E-state index is 10.5. The number of nitrogens with zero attached hydrogens (tertiary/aromatic N) is 3. The van der Waals surface area contributed by atoms with E-state index in [0.717, 1.165) is 11.5 Å².